The summed E-state index contributed by atoms with van der Waals surface area (Å²) in [6.45, 7) is 1.94. The molecule has 0 radical (unpaired) electrons. The van der Waals surface area contributed by atoms with Crippen molar-refractivity contribution in [1.82, 2.24) is 9.97 Å². The van der Waals surface area contributed by atoms with Crippen LogP contribution >= 0.6 is 11.3 Å². The molecule has 7 heteroatoms. The third-order valence-electron chi connectivity index (χ3n) is 4.34. The molecule has 0 spiro atoms. The SMILES string of the molecule is COc1ccc(-c2ccc3c(N)c(C(=O)Nc4ccc(C)cn4)sc3n2)cc1. The number of ether oxygens (including phenoxy) is 1. The first-order chi connectivity index (χ1) is 13.5. The van der Waals surface area contributed by atoms with Crippen LogP contribution in [0.5, 0.6) is 5.75 Å². The number of nitrogen functional groups attached to an aromatic ring is 1. The number of benzene rings is 1. The normalized spacial score (nSPS) is 10.8. The fraction of sp³-hybridized carbons (Fsp3) is 0.0952. The summed E-state index contributed by atoms with van der Waals surface area (Å²) in [6, 6.07) is 15.1. The van der Waals surface area contributed by atoms with E-state index in [1.165, 1.54) is 11.3 Å². The smallest absolute Gasteiger partial charge is 0.269 e. The van der Waals surface area contributed by atoms with Crippen LogP contribution in [-0.2, 0) is 0 Å². The molecule has 0 saturated heterocycles. The van der Waals surface area contributed by atoms with Gasteiger partial charge in [0.15, 0.2) is 0 Å². The molecule has 3 aromatic heterocycles. The minimum Gasteiger partial charge on any atom is -0.497 e. The largest absolute Gasteiger partial charge is 0.497 e. The molecule has 28 heavy (non-hydrogen) atoms. The molecular formula is C21H18N4O2S. The van der Waals surface area contributed by atoms with Gasteiger partial charge in [-0.15, -0.1) is 11.3 Å². The molecule has 1 amide bonds. The number of anilines is 2. The third-order valence-corrected chi connectivity index (χ3v) is 5.45. The van der Waals surface area contributed by atoms with E-state index in [1.807, 2.05) is 49.4 Å². The van der Waals surface area contributed by atoms with Crippen LogP contribution in [0.4, 0.5) is 11.5 Å². The summed E-state index contributed by atoms with van der Waals surface area (Å²) in [7, 11) is 1.63. The van der Waals surface area contributed by atoms with Gasteiger partial charge < -0.3 is 15.8 Å². The first kappa shape index (κ1) is 17.9. The number of aryl methyl sites for hydroxylation is 1. The summed E-state index contributed by atoms with van der Waals surface area (Å²) < 4.78 is 5.19. The van der Waals surface area contributed by atoms with Crippen LogP contribution in [0.2, 0.25) is 0 Å². The van der Waals surface area contributed by atoms with Crippen molar-refractivity contribution in [1.29, 1.82) is 0 Å². The molecule has 0 saturated carbocycles. The zero-order valence-corrected chi connectivity index (χ0v) is 16.2. The summed E-state index contributed by atoms with van der Waals surface area (Å²) in [5.74, 6) is 0.982. The lowest BCUT2D eigenvalue weighted by atomic mass is 10.1. The average molecular weight is 390 g/mol. The van der Waals surface area contributed by atoms with Gasteiger partial charge in [0.05, 0.1) is 18.5 Å². The number of amides is 1. The van der Waals surface area contributed by atoms with Crippen molar-refractivity contribution in [3.8, 4) is 17.0 Å². The van der Waals surface area contributed by atoms with Gasteiger partial charge in [0.2, 0.25) is 0 Å². The Morgan fingerprint density at radius 1 is 1.11 bits per heavy atom. The highest BCUT2D eigenvalue weighted by Gasteiger charge is 2.18. The zero-order valence-electron chi connectivity index (χ0n) is 15.4. The number of nitrogens with zero attached hydrogens (tertiary/aromatic N) is 2. The van der Waals surface area contributed by atoms with E-state index < -0.39 is 0 Å². The van der Waals surface area contributed by atoms with E-state index >= 15 is 0 Å². The quantitative estimate of drug-likeness (QED) is 0.535. The van der Waals surface area contributed by atoms with Crippen LogP contribution < -0.4 is 15.8 Å². The second kappa shape index (κ2) is 7.28. The van der Waals surface area contributed by atoms with Gasteiger partial charge in [-0.1, -0.05) is 6.07 Å². The molecule has 0 bridgehead atoms. The summed E-state index contributed by atoms with van der Waals surface area (Å²) in [5.41, 5.74) is 9.44. The second-order valence-electron chi connectivity index (χ2n) is 6.30. The van der Waals surface area contributed by atoms with E-state index in [9.17, 15) is 4.79 Å². The Morgan fingerprint density at radius 3 is 2.57 bits per heavy atom. The van der Waals surface area contributed by atoms with Crippen molar-refractivity contribution in [2.24, 2.45) is 0 Å². The van der Waals surface area contributed by atoms with Crippen molar-refractivity contribution in [2.45, 2.75) is 6.92 Å². The van der Waals surface area contributed by atoms with Gasteiger partial charge in [-0.05, 0) is 55.0 Å². The van der Waals surface area contributed by atoms with Crippen LogP contribution in [0.25, 0.3) is 21.5 Å². The Balaban J connectivity index is 1.65. The molecule has 3 N–H and O–H groups in total. The molecule has 4 aromatic rings. The summed E-state index contributed by atoms with van der Waals surface area (Å²) in [6.07, 6.45) is 1.70. The highest BCUT2D eigenvalue weighted by molar-refractivity contribution is 7.21. The fourth-order valence-electron chi connectivity index (χ4n) is 2.80. The highest BCUT2D eigenvalue weighted by Crippen LogP contribution is 2.34. The number of pyridine rings is 2. The van der Waals surface area contributed by atoms with Crippen LogP contribution in [-0.4, -0.2) is 23.0 Å². The third kappa shape index (κ3) is 3.39. The highest BCUT2D eigenvalue weighted by atomic mass is 32.1. The van der Waals surface area contributed by atoms with Gasteiger partial charge in [-0.25, -0.2) is 9.97 Å². The number of carbonyl (C=O) groups excluding carboxylic acids is 1. The van der Waals surface area contributed by atoms with Gasteiger partial charge in [0.25, 0.3) is 5.91 Å². The zero-order chi connectivity index (χ0) is 19.7. The number of nitrogens with two attached hydrogens (primary N) is 1. The second-order valence-corrected chi connectivity index (χ2v) is 7.30. The topological polar surface area (TPSA) is 90.1 Å². The average Bonchev–Trinajstić information content (AvgIpc) is 3.06. The Morgan fingerprint density at radius 2 is 1.89 bits per heavy atom. The minimum atomic E-state index is -0.289. The molecule has 0 aliphatic rings. The minimum absolute atomic E-state index is 0.289. The molecule has 4 rings (SSSR count). The first-order valence-electron chi connectivity index (χ1n) is 8.62. The molecule has 0 atom stereocenters. The van der Waals surface area contributed by atoms with E-state index in [0.29, 0.717) is 21.2 Å². The number of hydrogen-bond donors (Lipinski definition) is 2. The van der Waals surface area contributed by atoms with Crippen molar-refractivity contribution >= 4 is 39.0 Å². The maximum atomic E-state index is 12.7. The summed E-state index contributed by atoms with van der Waals surface area (Å²) >= 11 is 1.27. The maximum absolute atomic E-state index is 12.7. The van der Waals surface area contributed by atoms with Gasteiger partial charge in [-0.3, -0.25) is 4.79 Å². The van der Waals surface area contributed by atoms with Crippen LogP contribution in [0.3, 0.4) is 0 Å². The predicted octanol–water partition coefficient (Wildman–Crippen LogP) is 4.51. The number of nitrogens with one attached hydrogen (secondary N) is 1. The van der Waals surface area contributed by atoms with Crippen molar-refractivity contribution in [3.05, 3.63) is 65.2 Å². The Hall–Kier alpha value is -3.45. The molecule has 6 nitrogen and oxygen atoms in total. The lowest BCUT2D eigenvalue weighted by molar-refractivity contribution is 0.103. The molecular weight excluding hydrogens is 372 g/mol. The van der Waals surface area contributed by atoms with Crippen molar-refractivity contribution in [3.63, 3.8) is 0 Å². The van der Waals surface area contributed by atoms with Gasteiger partial charge in [0, 0.05) is 17.1 Å². The number of rotatable bonds is 4. The van der Waals surface area contributed by atoms with E-state index in [4.69, 9.17) is 10.5 Å². The Labute approximate surface area is 166 Å². The van der Waals surface area contributed by atoms with Crippen LogP contribution in [0.1, 0.15) is 15.2 Å². The lowest BCUT2D eigenvalue weighted by Gasteiger charge is -2.03. The monoisotopic (exact) mass is 390 g/mol. The number of hydrogen-bond acceptors (Lipinski definition) is 6. The lowest BCUT2D eigenvalue weighted by Crippen LogP contribution is -2.12. The van der Waals surface area contributed by atoms with E-state index in [1.54, 1.807) is 19.4 Å². The van der Waals surface area contributed by atoms with Crippen molar-refractivity contribution in [2.75, 3.05) is 18.2 Å². The summed E-state index contributed by atoms with van der Waals surface area (Å²) in [4.78, 5) is 22.7. The molecule has 0 aliphatic carbocycles. The van der Waals surface area contributed by atoms with E-state index in [-0.39, 0.29) is 5.91 Å². The number of thiophene rings is 1. The fourth-order valence-corrected chi connectivity index (χ4v) is 3.79. The standard InChI is InChI=1S/C21H18N4O2S/c1-12-3-10-17(23-11-12)25-20(26)19-18(22)15-8-9-16(24-21(15)28-19)13-4-6-14(27-2)7-5-13/h3-11H,22H2,1-2H3,(H,23,25,26). The number of carbonyl (C=O) groups is 1. The summed E-state index contributed by atoms with van der Waals surface area (Å²) in [5, 5.41) is 3.55. The molecule has 0 unspecified atom stereocenters. The van der Waals surface area contributed by atoms with E-state index in [2.05, 4.69) is 15.3 Å². The Kier molecular flexibility index (Phi) is 4.67. The first-order valence-corrected chi connectivity index (χ1v) is 9.44. The molecule has 0 aliphatic heterocycles. The predicted molar refractivity (Wildman–Crippen MR) is 113 cm³/mol. The van der Waals surface area contributed by atoms with Crippen LogP contribution in [0.15, 0.2) is 54.7 Å². The molecule has 1 aromatic carbocycles. The van der Waals surface area contributed by atoms with Crippen molar-refractivity contribution < 1.29 is 9.53 Å². The molecule has 140 valence electrons. The van der Waals surface area contributed by atoms with Gasteiger partial charge in [0.1, 0.15) is 21.3 Å². The van der Waals surface area contributed by atoms with Crippen LogP contribution in [0, 0.1) is 6.92 Å². The molecule has 0 fully saturated rings. The molecule has 3 heterocycles. The number of aromatic nitrogens is 2. The van der Waals surface area contributed by atoms with E-state index in [0.717, 1.165) is 28.0 Å². The maximum Gasteiger partial charge on any atom is 0.269 e. The number of methoxy groups -OCH3 is 1. The van der Waals surface area contributed by atoms with Gasteiger partial charge >= 0.3 is 0 Å². The van der Waals surface area contributed by atoms with Gasteiger partial charge in [-0.2, -0.15) is 0 Å². The number of fused-ring (bicyclic) bond motifs is 1. The Bertz CT molecular complexity index is 1150.